The van der Waals surface area contributed by atoms with E-state index in [0.717, 1.165) is 12.8 Å². The third-order valence-electron chi connectivity index (χ3n) is 3.54. The Hall–Kier alpha value is -2.04. The number of methoxy groups -OCH3 is 1. The van der Waals surface area contributed by atoms with Crippen LogP contribution in [0.4, 0.5) is 0 Å². The number of hydrogen-bond acceptors (Lipinski definition) is 3. The van der Waals surface area contributed by atoms with Gasteiger partial charge < -0.3 is 10.1 Å². The van der Waals surface area contributed by atoms with Crippen molar-refractivity contribution in [2.24, 2.45) is 0 Å². The summed E-state index contributed by atoms with van der Waals surface area (Å²) in [6.07, 6.45) is 6.40. The van der Waals surface area contributed by atoms with Crippen LogP contribution in [0.2, 0.25) is 0 Å². The molecule has 0 radical (unpaired) electrons. The number of imidazole rings is 1. The standard InChI is InChI=1S/C16H23N3O2/c1-4-5-6-7-10-17-16(20)14-12(2)18-15-13(21-3)9-8-11-19(14)15/h8-9,11H,4-7,10H2,1-3H3,(H,17,20). The molecule has 0 aliphatic rings. The highest BCUT2D eigenvalue weighted by Gasteiger charge is 2.17. The Morgan fingerprint density at radius 1 is 1.38 bits per heavy atom. The smallest absolute Gasteiger partial charge is 0.270 e. The number of fused-ring (bicyclic) bond motifs is 1. The number of rotatable bonds is 7. The number of aromatic nitrogens is 2. The van der Waals surface area contributed by atoms with Crippen molar-refractivity contribution in [3.63, 3.8) is 0 Å². The molecule has 0 spiro atoms. The summed E-state index contributed by atoms with van der Waals surface area (Å²) in [4.78, 5) is 16.8. The average molecular weight is 289 g/mol. The van der Waals surface area contributed by atoms with Crippen molar-refractivity contribution < 1.29 is 9.53 Å². The Morgan fingerprint density at radius 2 is 2.19 bits per heavy atom. The predicted molar refractivity (Wildman–Crippen MR) is 83.0 cm³/mol. The minimum Gasteiger partial charge on any atom is -0.493 e. The summed E-state index contributed by atoms with van der Waals surface area (Å²) in [5, 5.41) is 2.97. The molecule has 0 aliphatic carbocycles. The number of nitrogens with one attached hydrogen (secondary N) is 1. The molecule has 0 aromatic carbocycles. The lowest BCUT2D eigenvalue weighted by Gasteiger charge is -2.06. The monoisotopic (exact) mass is 289 g/mol. The Bertz CT molecular complexity index is 619. The van der Waals surface area contributed by atoms with Gasteiger partial charge >= 0.3 is 0 Å². The Morgan fingerprint density at radius 3 is 2.90 bits per heavy atom. The molecular weight excluding hydrogens is 266 g/mol. The lowest BCUT2D eigenvalue weighted by Crippen LogP contribution is -2.26. The SMILES string of the molecule is CCCCCCNC(=O)c1c(C)nc2c(OC)cccn12. The van der Waals surface area contributed by atoms with Crippen molar-refractivity contribution >= 4 is 11.6 Å². The zero-order valence-corrected chi connectivity index (χ0v) is 13.0. The third kappa shape index (κ3) is 3.35. The van der Waals surface area contributed by atoms with E-state index in [9.17, 15) is 4.79 Å². The summed E-state index contributed by atoms with van der Waals surface area (Å²) >= 11 is 0. The van der Waals surface area contributed by atoms with Gasteiger partial charge in [-0.1, -0.05) is 26.2 Å². The normalized spacial score (nSPS) is 10.8. The first kappa shape index (κ1) is 15.4. The van der Waals surface area contributed by atoms with Crippen molar-refractivity contribution in [1.29, 1.82) is 0 Å². The van der Waals surface area contributed by atoms with Gasteiger partial charge in [0, 0.05) is 12.7 Å². The van der Waals surface area contributed by atoms with Gasteiger partial charge in [0.2, 0.25) is 0 Å². The number of ether oxygens (including phenoxy) is 1. The molecule has 2 heterocycles. The first-order valence-electron chi connectivity index (χ1n) is 7.49. The molecular formula is C16H23N3O2. The highest BCUT2D eigenvalue weighted by atomic mass is 16.5. The van der Waals surface area contributed by atoms with E-state index in [2.05, 4.69) is 17.2 Å². The zero-order valence-electron chi connectivity index (χ0n) is 13.0. The maximum Gasteiger partial charge on any atom is 0.270 e. The van der Waals surface area contributed by atoms with Crippen LogP contribution in [-0.2, 0) is 0 Å². The summed E-state index contributed by atoms with van der Waals surface area (Å²) in [6, 6.07) is 3.69. The predicted octanol–water partition coefficient (Wildman–Crippen LogP) is 2.96. The van der Waals surface area contributed by atoms with Crippen LogP contribution < -0.4 is 10.1 Å². The van der Waals surface area contributed by atoms with Crippen molar-refractivity contribution in [2.45, 2.75) is 39.5 Å². The lowest BCUT2D eigenvalue weighted by molar-refractivity contribution is 0.0946. The van der Waals surface area contributed by atoms with Crippen LogP contribution >= 0.6 is 0 Å². The van der Waals surface area contributed by atoms with Crippen molar-refractivity contribution in [3.8, 4) is 5.75 Å². The van der Waals surface area contributed by atoms with Crippen molar-refractivity contribution in [1.82, 2.24) is 14.7 Å². The van der Waals surface area contributed by atoms with E-state index >= 15 is 0 Å². The lowest BCUT2D eigenvalue weighted by atomic mass is 10.2. The molecule has 5 nitrogen and oxygen atoms in total. The molecule has 0 bridgehead atoms. The van der Waals surface area contributed by atoms with E-state index in [-0.39, 0.29) is 5.91 Å². The fourth-order valence-corrected chi connectivity index (χ4v) is 2.43. The number of pyridine rings is 1. The number of aryl methyl sites for hydroxylation is 1. The minimum atomic E-state index is -0.0789. The third-order valence-corrected chi connectivity index (χ3v) is 3.54. The zero-order chi connectivity index (χ0) is 15.2. The largest absolute Gasteiger partial charge is 0.493 e. The Balaban J connectivity index is 2.14. The molecule has 0 saturated carbocycles. The number of amides is 1. The Kier molecular flexibility index (Phi) is 5.20. The van der Waals surface area contributed by atoms with Gasteiger partial charge in [-0.15, -0.1) is 0 Å². The molecule has 0 aliphatic heterocycles. The van der Waals surface area contributed by atoms with Crippen LogP contribution in [-0.4, -0.2) is 28.9 Å². The fraction of sp³-hybridized carbons (Fsp3) is 0.500. The van der Waals surface area contributed by atoms with Gasteiger partial charge in [0.05, 0.1) is 12.8 Å². The van der Waals surface area contributed by atoms with E-state index in [0.29, 0.717) is 29.3 Å². The van der Waals surface area contributed by atoms with Crippen LogP contribution in [0.25, 0.3) is 5.65 Å². The van der Waals surface area contributed by atoms with E-state index in [1.807, 2.05) is 25.3 Å². The van der Waals surface area contributed by atoms with E-state index < -0.39 is 0 Å². The highest BCUT2D eigenvalue weighted by Crippen LogP contribution is 2.21. The molecule has 1 amide bonds. The first-order chi connectivity index (χ1) is 10.2. The fourth-order valence-electron chi connectivity index (χ4n) is 2.43. The number of unbranched alkanes of at least 4 members (excludes halogenated alkanes) is 3. The van der Waals surface area contributed by atoms with Gasteiger partial charge in [-0.2, -0.15) is 0 Å². The maximum atomic E-state index is 12.4. The minimum absolute atomic E-state index is 0.0789. The summed E-state index contributed by atoms with van der Waals surface area (Å²) < 4.78 is 7.07. The van der Waals surface area contributed by atoms with Crippen LogP contribution in [0, 0.1) is 6.92 Å². The summed E-state index contributed by atoms with van der Waals surface area (Å²) in [7, 11) is 1.60. The van der Waals surface area contributed by atoms with Gasteiger partial charge in [-0.25, -0.2) is 4.98 Å². The molecule has 0 saturated heterocycles. The van der Waals surface area contributed by atoms with Crippen LogP contribution in [0.5, 0.6) is 5.75 Å². The molecule has 0 atom stereocenters. The van der Waals surface area contributed by atoms with Crippen LogP contribution in [0.1, 0.15) is 48.8 Å². The summed E-state index contributed by atoms with van der Waals surface area (Å²) in [6.45, 7) is 4.72. The van der Waals surface area contributed by atoms with Crippen molar-refractivity contribution in [3.05, 3.63) is 29.7 Å². The second-order valence-corrected chi connectivity index (χ2v) is 5.13. The van der Waals surface area contributed by atoms with Gasteiger partial charge in [-0.3, -0.25) is 9.20 Å². The number of carbonyl (C=O) groups is 1. The topological polar surface area (TPSA) is 55.6 Å². The second-order valence-electron chi connectivity index (χ2n) is 5.13. The maximum absolute atomic E-state index is 12.4. The van der Waals surface area contributed by atoms with Gasteiger partial charge in [0.15, 0.2) is 11.4 Å². The molecule has 0 fully saturated rings. The molecule has 5 heteroatoms. The van der Waals surface area contributed by atoms with Gasteiger partial charge in [0.25, 0.3) is 5.91 Å². The highest BCUT2D eigenvalue weighted by molar-refractivity contribution is 5.94. The average Bonchev–Trinajstić information content (AvgIpc) is 2.82. The number of nitrogens with zero attached hydrogens (tertiary/aromatic N) is 2. The van der Waals surface area contributed by atoms with Gasteiger partial charge in [-0.05, 0) is 25.5 Å². The van der Waals surface area contributed by atoms with E-state index in [4.69, 9.17) is 4.74 Å². The second kappa shape index (κ2) is 7.11. The molecule has 2 rings (SSSR count). The van der Waals surface area contributed by atoms with Crippen molar-refractivity contribution in [2.75, 3.05) is 13.7 Å². The first-order valence-corrected chi connectivity index (χ1v) is 7.49. The van der Waals surface area contributed by atoms with Crippen LogP contribution in [0.3, 0.4) is 0 Å². The van der Waals surface area contributed by atoms with Crippen LogP contribution in [0.15, 0.2) is 18.3 Å². The number of carbonyl (C=O) groups excluding carboxylic acids is 1. The van der Waals surface area contributed by atoms with E-state index in [1.165, 1.54) is 12.8 Å². The molecule has 1 N–H and O–H groups in total. The van der Waals surface area contributed by atoms with Gasteiger partial charge in [0.1, 0.15) is 5.69 Å². The Labute approximate surface area is 125 Å². The number of hydrogen-bond donors (Lipinski definition) is 1. The molecule has 114 valence electrons. The summed E-state index contributed by atoms with van der Waals surface area (Å²) in [5.41, 5.74) is 1.97. The quantitative estimate of drug-likeness (QED) is 0.797. The molecule has 2 aromatic rings. The summed E-state index contributed by atoms with van der Waals surface area (Å²) in [5.74, 6) is 0.590. The molecule has 21 heavy (non-hydrogen) atoms. The molecule has 2 aromatic heterocycles. The molecule has 0 unspecified atom stereocenters. The van der Waals surface area contributed by atoms with E-state index in [1.54, 1.807) is 11.5 Å².